The highest BCUT2D eigenvalue weighted by atomic mass is 32.1. The van der Waals surface area contributed by atoms with Crippen molar-refractivity contribution in [2.45, 2.75) is 26.8 Å². The lowest BCUT2D eigenvalue weighted by Crippen LogP contribution is -2.31. The topological polar surface area (TPSA) is 73.9 Å². The molecule has 128 valence electrons. The smallest absolute Gasteiger partial charge is 0.230 e. The van der Waals surface area contributed by atoms with Crippen molar-refractivity contribution in [3.8, 4) is 5.88 Å². The van der Waals surface area contributed by atoms with Gasteiger partial charge in [0, 0.05) is 6.54 Å². The number of rotatable bonds is 6. The van der Waals surface area contributed by atoms with E-state index in [9.17, 15) is 10.2 Å². The van der Waals surface area contributed by atoms with Gasteiger partial charge in [-0.3, -0.25) is 4.90 Å². The first-order chi connectivity index (χ1) is 11.5. The Kier molecular flexibility index (Phi) is 4.84. The molecule has 0 spiro atoms. The van der Waals surface area contributed by atoms with E-state index in [-0.39, 0.29) is 18.5 Å². The van der Waals surface area contributed by atoms with Crippen LogP contribution in [0.15, 0.2) is 24.3 Å². The lowest BCUT2D eigenvalue weighted by atomic mass is 10.0. The summed E-state index contributed by atoms with van der Waals surface area (Å²) >= 11 is 1.44. The summed E-state index contributed by atoms with van der Waals surface area (Å²) in [5.41, 5.74) is 2.24. The van der Waals surface area contributed by atoms with Crippen molar-refractivity contribution in [1.82, 2.24) is 19.5 Å². The Bertz CT molecular complexity index is 842. The molecule has 0 saturated heterocycles. The van der Waals surface area contributed by atoms with Gasteiger partial charge in [-0.15, -0.1) is 5.10 Å². The third-order valence-electron chi connectivity index (χ3n) is 4.07. The van der Waals surface area contributed by atoms with Crippen LogP contribution < -0.4 is 0 Å². The van der Waals surface area contributed by atoms with E-state index in [0.717, 1.165) is 22.5 Å². The zero-order valence-corrected chi connectivity index (χ0v) is 14.9. The highest BCUT2D eigenvalue weighted by Gasteiger charge is 2.28. The predicted octanol–water partition coefficient (Wildman–Crippen LogP) is 2.52. The van der Waals surface area contributed by atoms with Crippen LogP contribution in [-0.4, -0.2) is 49.4 Å². The highest BCUT2D eigenvalue weighted by Crippen LogP contribution is 2.39. The van der Waals surface area contributed by atoms with Crippen molar-refractivity contribution in [3.63, 3.8) is 0 Å². The first-order valence-corrected chi connectivity index (χ1v) is 8.83. The van der Waals surface area contributed by atoms with Crippen LogP contribution in [0.2, 0.25) is 0 Å². The van der Waals surface area contributed by atoms with Crippen LogP contribution in [-0.2, 0) is 0 Å². The van der Waals surface area contributed by atoms with Gasteiger partial charge in [-0.25, -0.2) is 4.98 Å². The van der Waals surface area contributed by atoms with Gasteiger partial charge < -0.3 is 10.2 Å². The standard InChI is InChI=1S/C17H22N4O2S/c1-4-20(8-9-22)14(13-7-5-6-11(2)10-13)15-16(23)21-17(24-15)18-12(3)19-21/h5-7,10,14,22-23H,4,8-9H2,1-3H3. The Morgan fingerprint density at radius 2 is 2.12 bits per heavy atom. The van der Waals surface area contributed by atoms with E-state index in [4.69, 9.17) is 0 Å². The monoisotopic (exact) mass is 346 g/mol. The number of nitrogens with zero attached hydrogens (tertiary/aromatic N) is 4. The van der Waals surface area contributed by atoms with Crippen molar-refractivity contribution >= 4 is 16.3 Å². The summed E-state index contributed by atoms with van der Waals surface area (Å²) in [6.07, 6.45) is 0. The van der Waals surface area contributed by atoms with Crippen molar-refractivity contribution in [1.29, 1.82) is 0 Å². The first kappa shape index (κ1) is 16.9. The van der Waals surface area contributed by atoms with E-state index in [0.29, 0.717) is 17.3 Å². The zero-order valence-electron chi connectivity index (χ0n) is 14.1. The molecule has 3 aromatic rings. The molecule has 1 atom stereocenters. The van der Waals surface area contributed by atoms with E-state index >= 15 is 0 Å². The van der Waals surface area contributed by atoms with Crippen LogP contribution in [0.4, 0.5) is 0 Å². The summed E-state index contributed by atoms with van der Waals surface area (Å²) in [7, 11) is 0. The highest BCUT2D eigenvalue weighted by molar-refractivity contribution is 7.17. The van der Waals surface area contributed by atoms with Gasteiger partial charge in [0.05, 0.1) is 17.5 Å². The minimum absolute atomic E-state index is 0.0663. The molecule has 0 radical (unpaired) electrons. The third-order valence-corrected chi connectivity index (χ3v) is 5.14. The van der Waals surface area contributed by atoms with Crippen molar-refractivity contribution in [3.05, 3.63) is 46.1 Å². The van der Waals surface area contributed by atoms with Crippen LogP contribution in [0.3, 0.4) is 0 Å². The molecule has 0 amide bonds. The third kappa shape index (κ3) is 3.02. The molecule has 0 fully saturated rings. The predicted molar refractivity (Wildman–Crippen MR) is 94.6 cm³/mol. The molecule has 7 heteroatoms. The maximum Gasteiger partial charge on any atom is 0.230 e. The number of aromatic hydroxyl groups is 1. The number of hydrogen-bond donors (Lipinski definition) is 2. The fourth-order valence-corrected chi connectivity index (χ4v) is 4.16. The maximum absolute atomic E-state index is 10.7. The Morgan fingerprint density at radius 1 is 1.33 bits per heavy atom. The number of aliphatic hydroxyl groups excluding tert-OH is 1. The number of fused-ring (bicyclic) bond motifs is 1. The van der Waals surface area contributed by atoms with Crippen molar-refractivity contribution in [2.24, 2.45) is 0 Å². The number of likely N-dealkylation sites (N-methyl/N-ethyl adjacent to an activating group) is 1. The maximum atomic E-state index is 10.7. The van der Waals surface area contributed by atoms with Gasteiger partial charge in [-0.1, -0.05) is 48.1 Å². The van der Waals surface area contributed by atoms with Gasteiger partial charge in [0.1, 0.15) is 5.82 Å². The normalized spacial score (nSPS) is 13.0. The molecule has 0 aliphatic rings. The Hall–Kier alpha value is -1.96. The van der Waals surface area contributed by atoms with Gasteiger partial charge >= 0.3 is 0 Å². The van der Waals surface area contributed by atoms with Crippen LogP contribution >= 0.6 is 11.3 Å². The second kappa shape index (κ2) is 6.88. The summed E-state index contributed by atoms with van der Waals surface area (Å²) in [6.45, 7) is 7.26. The lowest BCUT2D eigenvalue weighted by Gasteiger charge is -2.30. The molecule has 0 aliphatic carbocycles. The van der Waals surface area contributed by atoms with Crippen LogP contribution in [0.5, 0.6) is 5.88 Å². The quantitative estimate of drug-likeness (QED) is 0.717. The van der Waals surface area contributed by atoms with Crippen LogP contribution in [0.1, 0.15) is 34.8 Å². The largest absolute Gasteiger partial charge is 0.492 e. The van der Waals surface area contributed by atoms with Crippen molar-refractivity contribution < 1.29 is 10.2 Å². The number of benzene rings is 1. The minimum Gasteiger partial charge on any atom is -0.492 e. The summed E-state index contributed by atoms with van der Waals surface area (Å²) < 4.78 is 1.49. The molecule has 0 aliphatic heterocycles. The second-order valence-electron chi connectivity index (χ2n) is 5.81. The molecule has 0 saturated carbocycles. The molecule has 1 unspecified atom stereocenters. The van der Waals surface area contributed by atoms with E-state index in [1.54, 1.807) is 6.92 Å². The molecule has 2 heterocycles. The summed E-state index contributed by atoms with van der Waals surface area (Å²) in [4.78, 5) is 7.98. The molecule has 2 N–H and O–H groups in total. The molecule has 3 rings (SSSR count). The van der Waals surface area contributed by atoms with Gasteiger partial charge in [-0.2, -0.15) is 4.52 Å². The number of aliphatic hydroxyl groups is 1. The first-order valence-electron chi connectivity index (χ1n) is 8.01. The number of aromatic nitrogens is 3. The van der Waals surface area contributed by atoms with E-state index in [1.807, 2.05) is 6.07 Å². The Labute approximate surface area is 145 Å². The fourth-order valence-electron chi connectivity index (χ4n) is 2.99. The van der Waals surface area contributed by atoms with Gasteiger partial charge in [0.2, 0.25) is 10.8 Å². The van der Waals surface area contributed by atoms with Gasteiger partial charge in [0.25, 0.3) is 0 Å². The molecular formula is C17H22N4O2S. The van der Waals surface area contributed by atoms with Gasteiger partial charge in [0.15, 0.2) is 0 Å². The summed E-state index contributed by atoms with van der Waals surface area (Å²) in [6, 6.07) is 8.09. The second-order valence-corrected chi connectivity index (χ2v) is 6.82. The molecule has 1 aromatic carbocycles. The minimum atomic E-state index is -0.143. The zero-order chi connectivity index (χ0) is 17.3. The number of thiazole rings is 1. The van der Waals surface area contributed by atoms with Crippen LogP contribution in [0, 0.1) is 13.8 Å². The Balaban J connectivity index is 2.15. The molecule has 6 nitrogen and oxygen atoms in total. The fraction of sp³-hybridized carbons (Fsp3) is 0.412. The van der Waals surface area contributed by atoms with E-state index in [1.165, 1.54) is 15.9 Å². The van der Waals surface area contributed by atoms with E-state index < -0.39 is 0 Å². The Morgan fingerprint density at radius 3 is 2.75 bits per heavy atom. The molecular weight excluding hydrogens is 324 g/mol. The molecule has 2 aromatic heterocycles. The van der Waals surface area contributed by atoms with Crippen LogP contribution in [0.25, 0.3) is 4.96 Å². The lowest BCUT2D eigenvalue weighted by molar-refractivity contribution is 0.174. The average molecular weight is 346 g/mol. The SMILES string of the molecule is CCN(CCO)C(c1cccc(C)c1)c1sc2nc(C)nn2c1O. The summed E-state index contributed by atoms with van der Waals surface area (Å²) in [5.74, 6) is 0.761. The molecule has 0 bridgehead atoms. The van der Waals surface area contributed by atoms with Gasteiger partial charge in [-0.05, 0) is 26.0 Å². The summed E-state index contributed by atoms with van der Waals surface area (Å²) in [5, 5.41) is 24.4. The van der Waals surface area contributed by atoms with Crippen molar-refractivity contribution in [2.75, 3.05) is 19.7 Å². The average Bonchev–Trinajstić information content (AvgIpc) is 3.05. The molecule has 24 heavy (non-hydrogen) atoms. The number of hydrogen-bond acceptors (Lipinski definition) is 6. The number of aryl methyl sites for hydroxylation is 2. The van der Waals surface area contributed by atoms with E-state index in [2.05, 4.69) is 47.0 Å².